The van der Waals surface area contributed by atoms with Gasteiger partial charge >= 0.3 is 0 Å². The van der Waals surface area contributed by atoms with Gasteiger partial charge in [-0.3, -0.25) is 0 Å². The minimum atomic E-state index is 0.299. The predicted molar refractivity (Wildman–Crippen MR) is 52.7 cm³/mol. The van der Waals surface area contributed by atoms with Crippen LogP contribution in [0.15, 0.2) is 24.3 Å². The minimum absolute atomic E-state index is 0.299. The van der Waals surface area contributed by atoms with E-state index < -0.39 is 0 Å². The van der Waals surface area contributed by atoms with E-state index in [9.17, 15) is 5.11 Å². The molecule has 0 radical (unpaired) electrons. The van der Waals surface area contributed by atoms with Crippen molar-refractivity contribution in [2.24, 2.45) is 5.73 Å². The van der Waals surface area contributed by atoms with E-state index in [1.807, 2.05) is 12.1 Å². The lowest BCUT2D eigenvalue weighted by molar-refractivity contribution is 0.472. The number of phenolic OH excluding ortho intramolecular Hbond substituents is 1. The molecular weight excluding hydrogens is 162 g/mol. The third-order valence-electron chi connectivity index (χ3n) is 2.93. The van der Waals surface area contributed by atoms with Gasteiger partial charge in [-0.05, 0) is 48.9 Å². The van der Waals surface area contributed by atoms with E-state index in [-0.39, 0.29) is 0 Å². The van der Waals surface area contributed by atoms with Gasteiger partial charge in [0, 0.05) is 0 Å². The summed E-state index contributed by atoms with van der Waals surface area (Å²) in [6.07, 6.45) is 3.47. The molecule has 0 spiro atoms. The molecule has 2 heteroatoms. The van der Waals surface area contributed by atoms with Crippen LogP contribution in [0.5, 0.6) is 5.75 Å². The van der Waals surface area contributed by atoms with E-state index >= 15 is 0 Å². The monoisotopic (exact) mass is 177 g/mol. The lowest BCUT2D eigenvalue weighted by atomic mass is 9.92. The highest BCUT2D eigenvalue weighted by Crippen LogP contribution is 2.51. The summed E-state index contributed by atoms with van der Waals surface area (Å²) in [5.41, 5.74) is 7.11. The first kappa shape index (κ1) is 8.57. The summed E-state index contributed by atoms with van der Waals surface area (Å²) in [6, 6.07) is 7.56. The Hall–Kier alpha value is -1.02. The average Bonchev–Trinajstić information content (AvgIpc) is 2.86. The molecule has 0 unspecified atom stereocenters. The zero-order valence-electron chi connectivity index (χ0n) is 7.66. The number of aromatic hydroxyl groups is 1. The van der Waals surface area contributed by atoms with Crippen molar-refractivity contribution in [1.29, 1.82) is 0 Å². The molecule has 1 aromatic carbocycles. The molecule has 13 heavy (non-hydrogen) atoms. The topological polar surface area (TPSA) is 46.2 Å². The van der Waals surface area contributed by atoms with Gasteiger partial charge < -0.3 is 10.8 Å². The maximum atomic E-state index is 9.34. The zero-order chi connectivity index (χ0) is 9.31. The maximum Gasteiger partial charge on any atom is 0.115 e. The van der Waals surface area contributed by atoms with Crippen molar-refractivity contribution >= 4 is 0 Å². The number of hydrogen-bond acceptors (Lipinski definition) is 2. The van der Waals surface area contributed by atoms with Crippen LogP contribution in [0.3, 0.4) is 0 Å². The molecule has 0 heterocycles. The molecule has 3 N–H and O–H groups in total. The van der Waals surface area contributed by atoms with E-state index in [1.165, 1.54) is 18.4 Å². The largest absolute Gasteiger partial charge is 0.508 e. The van der Waals surface area contributed by atoms with Gasteiger partial charge in [0.25, 0.3) is 0 Å². The van der Waals surface area contributed by atoms with Crippen molar-refractivity contribution in [3.8, 4) is 5.75 Å². The second kappa shape index (κ2) is 3.04. The Bertz CT molecular complexity index is 305. The summed E-state index contributed by atoms with van der Waals surface area (Å²) >= 11 is 0. The summed E-state index contributed by atoms with van der Waals surface area (Å²) in [5.74, 6) is 0.362. The van der Waals surface area contributed by atoms with Gasteiger partial charge in [0.15, 0.2) is 0 Å². The van der Waals surface area contributed by atoms with Gasteiger partial charge in [-0.25, -0.2) is 0 Å². The first-order valence-electron chi connectivity index (χ1n) is 4.76. The fourth-order valence-corrected chi connectivity index (χ4v) is 1.95. The van der Waals surface area contributed by atoms with E-state index in [0.717, 1.165) is 13.0 Å². The van der Waals surface area contributed by atoms with Crippen LogP contribution in [0.1, 0.15) is 24.8 Å². The standard InChI is InChI=1S/C11H15NO/c12-7-6-11(4-5-11)9-2-1-3-10(13)8-9/h1-3,8,13H,4-7,12H2. The highest BCUT2D eigenvalue weighted by atomic mass is 16.3. The summed E-state index contributed by atoms with van der Waals surface area (Å²) in [6.45, 7) is 0.732. The second-order valence-corrected chi connectivity index (χ2v) is 3.87. The predicted octanol–water partition coefficient (Wildman–Crippen LogP) is 1.77. The molecule has 0 saturated heterocycles. The molecule has 0 bridgehead atoms. The van der Waals surface area contributed by atoms with Crippen LogP contribution in [-0.2, 0) is 5.41 Å². The summed E-state index contributed by atoms with van der Waals surface area (Å²) in [5, 5.41) is 9.34. The van der Waals surface area contributed by atoms with Gasteiger partial charge in [-0.1, -0.05) is 12.1 Å². The highest BCUT2D eigenvalue weighted by molar-refractivity contribution is 5.36. The van der Waals surface area contributed by atoms with Crippen molar-refractivity contribution < 1.29 is 5.11 Å². The maximum absolute atomic E-state index is 9.34. The molecule has 0 atom stereocenters. The van der Waals surface area contributed by atoms with Crippen LogP contribution in [0.4, 0.5) is 0 Å². The second-order valence-electron chi connectivity index (χ2n) is 3.87. The van der Waals surface area contributed by atoms with Crippen LogP contribution in [-0.4, -0.2) is 11.7 Å². The number of benzene rings is 1. The third kappa shape index (κ3) is 1.54. The summed E-state index contributed by atoms with van der Waals surface area (Å²) in [7, 11) is 0. The van der Waals surface area contributed by atoms with E-state index in [2.05, 4.69) is 6.07 Å². The average molecular weight is 177 g/mol. The molecule has 70 valence electrons. The quantitative estimate of drug-likeness (QED) is 0.739. The highest BCUT2D eigenvalue weighted by Gasteiger charge is 2.43. The van der Waals surface area contributed by atoms with Crippen molar-refractivity contribution in [2.75, 3.05) is 6.54 Å². The van der Waals surface area contributed by atoms with E-state index in [1.54, 1.807) is 6.07 Å². The molecular formula is C11H15NO. The minimum Gasteiger partial charge on any atom is -0.508 e. The summed E-state index contributed by atoms with van der Waals surface area (Å²) in [4.78, 5) is 0. The van der Waals surface area contributed by atoms with E-state index in [4.69, 9.17) is 5.73 Å². The van der Waals surface area contributed by atoms with Crippen molar-refractivity contribution in [3.63, 3.8) is 0 Å². The molecule has 0 amide bonds. The Kier molecular flexibility index (Phi) is 2.00. The molecule has 2 nitrogen and oxygen atoms in total. The number of rotatable bonds is 3. The normalized spacial score (nSPS) is 18.5. The first-order chi connectivity index (χ1) is 6.27. The zero-order valence-corrected chi connectivity index (χ0v) is 7.66. The molecule has 1 aromatic rings. The summed E-state index contributed by atoms with van der Waals surface area (Å²) < 4.78 is 0. The van der Waals surface area contributed by atoms with Gasteiger partial charge in [-0.2, -0.15) is 0 Å². The Morgan fingerprint density at radius 2 is 2.15 bits per heavy atom. The molecule has 1 aliphatic rings. The molecule has 1 fully saturated rings. The number of hydrogen-bond donors (Lipinski definition) is 2. The number of nitrogens with two attached hydrogens (primary N) is 1. The van der Waals surface area contributed by atoms with E-state index in [0.29, 0.717) is 11.2 Å². The van der Waals surface area contributed by atoms with Crippen molar-refractivity contribution in [3.05, 3.63) is 29.8 Å². The lowest BCUT2D eigenvalue weighted by Crippen LogP contribution is -2.13. The number of phenols is 1. The van der Waals surface area contributed by atoms with Gasteiger partial charge in [0.1, 0.15) is 5.75 Å². The van der Waals surface area contributed by atoms with Crippen LogP contribution >= 0.6 is 0 Å². The van der Waals surface area contributed by atoms with Crippen molar-refractivity contribution in [1.82, 2.24) is 0 Å². The van der Waals surface area contributed by atoms with Gasteiger partial charge in [0.2, 0.25) is 0 Å². The fourth-order valence-electron chi connectivity index (χ4n) is 1.95. The molecule has 0 aliphatic heterocycles. The van der Waals surface area contributed by atoms with Crippen LogP contribution < -0.4 is 5.73 Å². The van der Waals surface area contributed by atoms with Crippen LogP contribution in [0, 0.1) is 0 Å². The lowest BCUT2D eigenvalue weighted by Gasteiger charge is -2.14. The Balaban J connectivity index is 2.25. The Morgan fingerprint density at radius 1 is 1.38 bits per heavy atom. The fraction of sp³-hybridized carbons (Fsp3) is 0.455. The van der Waals surface area contributed by atoms with Crippen LogP contribution in [0.25, 0.3) is 0 Å². The molecule has 1 aliphatic carbocycles. The molecule has 2 rings (SSSR count). The smallest absolute Gasteiger partial charge is 0.115 e. The molecule has 1 saturated carbocycles. The first-order valence-corrected chi connectivity index (χ1v) is 4.76. The van der Waals surface area contributed by atoms with Gasteiger partial charge in [-0.15, -0.1) is 0 Å². The molecule has 0 aromatic heterocycles. The third-order valence-corrected chi connectivity index (χ3v) is 2.93. The van der Waals surface area contributed by atoms with Crippen LogP contribution in [0.2, 0.25) is 0 Å². The Labute approximate surface area is 78.4 Å². The van der Waals surface area contributed by atoms with Crippen molar-refractivity contribution in [2.45, 2.75) is 24.7 Å². The SMILES string of the molecule is NCCC1(c2cccc(O)c2)CC1. The van der Waals surface area contributed by atoms with Gasteiger partial charge in [0.05, 0.1) is 0 Å². The Morgan fingerprint density at radius 3 is 2.69 bits per heavy atom.